The maximum atomic E-state index is 15.0. The minimum absolute atomic E-state index is 0.102. The lowest BCUT2D eigenvalue weighted by atomic mass is 9.82. The fraction of sp³-hybridized carbons (Fsp3) is 0.250. The van der Waals surface area contributed by atoms with Crippen molar-refractivity contribution >= 4 is 31.6 Å². The number of aromatic nitrogens is 3. The van der Waals surface area contributed by atoms with Crippen LogP contribution in [0.4, 0.5) is 13.2 Å². The first-order chi connectivity index (χ1) is 21.6. The molecule has 0 bridgehead atoms. The van der Waals surface area contributed by atoms with Crippen molar-refractivity contribution in [1.29, 1.82) is 0 Å². The molecule has 3 aromatic heterocycles. The van der Waals surface area contributed by atoms with Crippen LogP contribution in [-0.4, -0.2) is 22.5 Å². The molecule has 9 heteroatoms. The highest BCUT2D eigenvalue weighted by Gasteiger charge is 2.35. The summed E-state index contributed by atoms with van der Waals surface area (Å²) >= 11 is 0. The molecular weight excluding hydrogens is 595 g/mol. The molecule has 0 unspecified atom stereocenters. The number of nitrogens with zero attached hydrogens (tertiary/aromatic N) is 3. The molecule has 0 saturated carbocycles. The summed E-state index contributed by atoms with van der Waals surface area (Å²) in [5.41, 5.74) is 5.17. The lowest BCUT2D eigenvalue weighted by Crippen LogP contribution is -2.15. The van der Waals surface area contributed by atoms with Crippen LogP contribution in [0.15, 0.2) is 88.9 Å². The minimum Gasteiger partial charge on any atom is -0.345 e. The van der Waals surface area contributed by atoms with Gasteiger partial charge in [-0.05, 0) is 105 Å². The molecular formula is C36H34F3N3O2S. The fourth-order valence-electron chi connectivity index (χ4n) is 6.74. The quantitative estimate of drug-likeness (QED) is 0.150. The van der Waals surface area contributed by atoms with Crippen molar-refractivity contribution in [3.8, 4) is 0 Å². The van der Waals surface area contributed by atoms with Gasteiger partial charge in [0.1, 0.15) is 17.5 Å². The zero-order valence-corrected chi connectivity index (χ0v) is 26.4. The second-order valence-electron chi connectivity index (χ2n) is 11.4. The van der Waals surface area contributed by atoms with E-state index in [1.54, 1.807) is 24.3 Å². The number of sulfone groups is 1. The van der Waals surface area contributed by atoms with Gasteiger partial charge in [-0.3, -0.25) is 0 Å². The Morgan fingerprint density at radius 2 is 1.20 bits per heavy atom. The van der Waals surface area contributed by atoms with Crippen molar-refractivity contribution in [2.45, 2.75) is 69.5 Å². The summed E-state index contributed by atoms with van der Waals surface area (Å²) in [4.78, 5) is 4.32. The van der Waals surface area contributed by atoms with E-state index in [-0.39, 0.29) is 9.92 Å². The number of halogens is 3. The molecule has 45 heavy (non-hydrogen) atoms. The van der Waals surface area contributed by atoms with Gasteiger partial charge in [-0.15, -0.1) is 0 Å². The van der Waals surface area contributed by atoms with E-state index in [1.165, 1.54) is 42.6 Å². The molecule has 0 saturated heterocycles. The van der Waals surface area contributed by atoms with Crippen molar-refractivity contribution in [1.82, 2.24) is 14.1 Å². The Labute approximate surface area is 260 Å². The molecule has 3 heterocycles. The van der Waals surface area contributed by atoms with Gasteiger partial charge in [0.2, 0.25) is 9.84 Å². The lowest BCUT2D eigenvalue weighted by molar-refractivity contribution is 0.588. The maximum absolute atomic E-state index is 15.0. The molecule has 0 aliphatic heterocycles. The summed E-state index contributed by atoms with van der Waals surface area (Å²) < 4.78 is 76.6. The first-order valence-electron chi connectivity index (χ1n) is 15.1. The molecule has 0 spiro atoms. The van der Waals surface area contributed by atoms with Gasteiger partial charge in [0.25, 0.3) is 0 Å². The van der Waals surface area contributed by atoms with Gasteiger partial charge in [0.15, 0.2) is 5.03 Å². The lowest BCUT2D eigenvalue weighted by Gasteiger charge is -2.23. The average Bonchev–Trinajstić information content (AvgIpc) is 3.43. The second-order valence-corrected chi connectivity index (χ2v) is 13.3. The van der Waals surface area contributed by atoms with E-state index in [4.69, 9.17) is 0 Å². The van der Waals surface area contributed by atoms with E-state index in [0.29, 0.717) is 29.4 Å². The van der Waals surface area contributed by atoms with Crippen molar-refractivity contribution < 1.29 is 21.6 Å². The van der Waals surface area contributed by atoms with Crippen LogP contribution < -0.4 is 0 Å². The highest BCUT2D eigenvalue weighted by atomic mass is 32.2. The molecule has 0 fully saturated rings. The predicted molar refractivity (Wildman–Crippen MR) is 171 cm³/mol. The minimum atomic E-state index is -4.24. The zero-order valence-electron chi connectivity index (χ0n) is 25.6. The Balaban J connectivity index is 1.78. The number of aryl methyl sites for hydroxylation is 2. The summed E-state index contributed by atoms with van der Waals surface area (Å²) in [6, 6.07) is 17.4. The summed E-state index contributed by atoms with van der Waals surface area (Å²) in [6.07, 6.45) is 3.06. The Kier molecular flexibility index (Phi) is 8.07. The Hall–Kier alpha value is -4.37. The normalized spacial score (nSPS) is 12.2. The molecule has 6 aromatic rings. The zero-order chi connectivity index (χ0) is 32.0. The van der Waals surface area contributed by atoms with E-state index in [1.807, 2.05) is 13.8 Å². The Bertz CT molecular complexity index is 2070. The summed E-state index contributed by atoms with van der Waals surface area (Å²) in [6.45, 7) is 9.37. The van der Waals surface area contributed by atoms with Gasteiger partial charge in [-0.1, -0.05) is 19.9 Å². The van der Waals surface area contributed by atoms with Crippen molar-refractivity contribution in [3.63, 3.8) is 0 Å². The molecule has 0 aliphatic rings. The smallest absolute Gasteiger partial charge is 0.224 e. The van der Waals surface area contributed by atoms with Crippen LogP contribution in [-0.2, 0) is 22.9 Å². The van der Waals surface area contributed by atoms with Crippen LogP contribution in [0, 0.1) is 31.3 Å². The maximum Gasteiger partial charge on any atom is 0.224 e. The highest BCUT2D eigenvalue weighted by molar-refractivity contribution is 7.91. The third kappa shape index (κ3) is 5.13. The molecule has 232 valence electrons. The third-order valence-electron chi connectivity index (χ3n) is 8.63. The van der Waals surface area contributed by atoms with Gasteiger partial charge in [0, 0.05) is 64.0 Å². The molecule has 0 atom stereocenters. The number of fused-ring (bicyclic) bond motifs is 2. The first-order valence-corrected chi connectivity index (χ1v) is 16.6. The van der Waals surface area contributed by atoms with E-state index in [0.717, 1.165) is 58.5 Å². The molecule has 6 rings (SSSR count). The second kappa shape index (κ2) is 11.9. The number of hydrogen-bond donors (Lipinski definition) is 0. The average molecular weight is 630 g/mol. The SMILES string of the molecule is CCCn1c(C)c(C(c2cccnc2S(=O)(=O)c2ccc(F)cc2)c2c(C)n(CCC)c3ccc(F)cc23)c2cc(F)ccc21. The number of rotatable bonds is 9. The number of benzene rings is 3. The van der Waals surface area contributed by atoms with Crippen LogP contribution in [0.2, 0.25) is 0 Å². The summed E-state index contributed by atoms with van der Waals surface area (Å²) in [5, 5.41) is 1.10. The molecule has 5 nitrogen and oxygen atoms in total. The van der Waals surface area contributed by atoms with Crippen LogP contribution in [0.3, 0.4) is 0 Å². The molecule has 0 radical (unpaired) electrons. The van der Waals surface area contributed by atoms with Gasteiger partial charge >= 0.3 is 0 Å². The fourth-order valence-corrected chi connectivity index (χ4v) is 8.15. The molecule has 0 amide bonds. The number of pyridine rings is 1. The molecule has 3 aromatic carbocycles. The number of hydrogen-bond acceptors (Lipinski definition) is 3. The van der Waals surface area contributed by atoms with Gasteiger partial charge < -0.3 is 9.13 Å². The summed E-state index contributed by atoms with van der Waals surface area (Å²) in [5.74, 6) is -2.17. The topological polar surface area (TPSA) is 56.9 Å². The Morgan fingerprint density at radius 1 is 0.711 bits per heavy atom. The van der Waals surface area contributed by atoms with Gasteiger partial charge in [-0.25, -0.2) is 26.6 Å². The standard InChI is InChI=1S/C36H34F3N3O2S/c1-5-18-41-22(3)33(29-20-25(38)11-15-31(29)41)35(34-23(4)42(19-6-2)32-16-12-26(39)21-30(32)34)28-8-7-17-40-36(28)45(43,44)27-13-9-24(37)10-14-27/h7-17,20-21,35H,5-6,18-19H2,1-4H3. The van der Waals surface area contributed by atoms with Gasteiger partial charge in [0.05, 0.1) is 4.90 Å². The molecule has 0 N–H and O–H groups in total. The third-order valence-corrected chi connectivity index (χ3v) is 10.4. The summed E-state index contributed by atoms with van der Waals surface area (Å²) in [7, 11) is -4.24. The van der Waals surface area contributed by atoms with E-state index < -0.39 is 33.2 Å². The van der Waals surface area contributed by atoms with E-state index >= 15 is 8.78 Å². The van der Waals surface area contributed by atoms with Crippen molar-refractivity contribution in [2.24, 2.45) is 0 Å². The van der Waals surface area contributed by atoms with Crippen LogP contribution >= 0.6 is 0 Å². The predicted octanol–water partition coefficient (Wildman–Crippen LogP) is 8.86. The van der Waals surface area contributed by atoms with Gasteiger partial charge in [-0.2, -0.15) is 0 Å². The highest BCUT2D eigenvalue weighted by Crippen LogP contribution is 2.46. The largest absolute Gasteiger partial charge is 0.345 e. The Morgan fingerprint density at radius 3 is 1.69 bits per heavy atom. The van der Waals surface area contributed by atoms with Crippen LogP contribution in [0.1, 0.15) is 60.7 Å². The van der Waals surface area contributed by atoms with E-state index in [9.17, 15) is 12.8 Å². The van der Waals surface area contributed by atoms with Crippen LogP contribution in [0.25, 0.3) is 21.8 Å². The monoisotopic (exact) mass is 629 g/mol. The van der Waals surface area contributed by atoms with Crippen LogP contribution in [0.5, 0.6) is 0 Å². The molecule has 0 aliphatic carbocycles. The van der Waals surface area contributed by atoms with Crippen molar-refractivity contribution in [3.05, 3.63) is 125 Å². The first kappa shape index (κ1) is 30.6. The van der Waals surface area contributed by atoms with Crippen molar-refractivity contribution in [2.75, 3.05) is 0 Å². The van der Waals surface area contributed by atoms with E-state index in [2.05, 4.69) is 28.0 Å².